The van der Waals surface area contributed by atoms with Crippen LogP contribution in [0.15, 0.2) is 77.6 Å². The second kappa shape index (κ2) is 7.58. The first kappa shape index (κ1) is 17.2. The normalized spacial score (nSPS) is 16.4. The van der Waals surface area contributed by atoms with Crippen LogP contribution in [-0.2, 0) is 6.54 Å². The molecule has 3 aromatic rings. The van der Waals surface area contributed by atoms with Crippen LogP contribution in [-0.4, -0.2) is 27.1 Å². The van der Waals surface area contributed by atoms with Crippen LogP contribution in [0.4, 0.5) is 0 Å². The van der Waals surface area contributed by atoms with E-state index in [4.69, 9.17) is 0 Å². The summed E-state index contributed by atoms with van der Waals surface area (Å²) in [4.78, 5) is 27.1. The fourth-order valence-electron chi connectivity index (χ4n) is 3.61. The summed E-state index contributed by atoms with van der Waals surface area (Å²) >= 11 is 0. The van der Waals surface area contributed by atoms with Crippen LogP contribution in [0.2, 0.25) is 0 Å². The van der Waals surface area contributed by atoms with Crippen molar-refractivity contribution in [2.24, 2.45) is 0 Å². The van der Waals surface area contributed by atoms with E-state index in [0.29, 0.717) is 18.8 Å². The minimum atomic E-state index is -0.212. The molecule has 0 spiro atoms. The number of amides is 1. The van der Waals surface area contributed by atoms with Crippen molar-refractivity contribution in [1.82, 2.24) is 14.7 Å². The first-order valence-electron chi connectivity index (χ1n) is 9.20. The highest BCUT2D eigenvalue weighted by atomic mass is 16.2. The summed E-state index contributed by atoms with van der Waals surface area (Å²) in [7, 11) is 0. The lowest BCUT2D eigenvalue weighted by Crippen LogP contribution is -2.33. The van der Waals surface area contributed by atoms with Crippen molar-refractivity contribution in [1.29, 1.82) is 0 Å². The maximum absolute atomic E-state index is 13.1. The predicted octanol–water partition coefficient (Wildman–Crippen LogP) is 3.27. The molecular weight excluding hydrogens is 338 g/mol. The molecule has 0 bridgehead atoms. The molecule has 27 heavy (non-hydrogen) atoms. The Bertz CT molecular complexity index is 983. The van der Waals surface area contributed by atoms with Crippen molar-refractivity contribution in [3.05, 3.63) is 100.0 Å². The lowest BCUT2D eigenvalue weighted by Gasteiger charge is -2.25. The molecule has 1 aliphatic heterocycles. The molecule has 2 aromatic carbocycles. The average molecular weight is 359 g/mol. The first-order chi connectivity index (χ1) is 13.2. The summed E-state index contributed by atoms with van der Waals surface area (Å²) in [5.74, 6) is -0.122. The van der Waals surface area contributed by atoms with Crippen LogP contribution < -0.4 is 5.56 Å². The van der Waals surface area contributed by atoms with Gasteiger partial charge in [-0.3, -0.25) is 9.59 Å². The highest BCUT2D eigenvalue weighted by Gasteiger charge is 2.31. The summed E-state index contributed by atoms with van der Waals surface area (Å²) in [5, 5.41) is 4.35. The summed E-state index contributed by atoms with van der Waals surface area (Å²) in [6.07, 6.45) is 1.91. The van der Waals surface area contributed by atoms with E-state index in [9.17, 15) is 9.59 Å². The summed E-state index contributed by atoms with van der Waals surface area (Å²) in [6, 6.07) is 22.8. The Hall–Kier alpha value is -3.21. The smallest absolute Gasteiger partial charge is 0.274 e. The molecule has 5 heteroatoms. The fraction of sp³-hybridized carbons (Fsp3) is 0.227. The number of benzene rings is 2. The standard InChI is InChI=1S/C22H21N3O2/c26-21-14-13-19(23-25(21)16-17-8-3-1-4-9-17)22(27)24-15-7-12-20(24)18-10-5-2-6-11-18/h1-6,8-11,13-14,20H,7,12,15-16H2. The fourth-order valence-corrected chi connectivity index (χ4v) is 3.61. The molecule has 1 fully saturated rings. The number of rotatable bonds is 4. The number of carbonyl (C=O) groups excluding carboxylic acids is 1. The zero-order valence-electron chi connectivity index (χ0n) is 15.0. The lowest BCUT2D eigenvalue weighted by atomic mass is 10.0. The first-order valence-corrected chi connectivity index (χ1v) is 9.20. The molecule has 0 radical (unpaired) electrons. The van der Waals surface area contributed by atoms with Crippen LogP contribution in [0.25, 0.3) is 0 Å². The molecule has 1 saturated heterocycles. The van der Waals surface area contributed by atoms with Crippen LogP contribution in [0.1, 0.15) is 40.5 Å². The average Bonchev–Trinajstić information content (AvgIpc) is 3.20. The molecule has 0 aliphatic carbocycles. The molecule has 1 aromatic heterocycles. The van der Waals surface area contributed by atoms with E-state index in [2.05, 4.69) is 17.2 Å². The minimum absolute atomic E-state index is 0.0648. The molecule has 136 valence electrons. The second-order valence-corrected chi connectivity index (χ2v) is 6.77. The van der Waals surface area contributed by atoms with E-state index in [1.807, 2.05) is 53.4 Å². The van der Waals surface area contributed by atoms with Crippen molar-refractivity contribution in [2.45, 2.75) is 25.4 Å². The predicted molar refractivity (Wildman–Crippen MR) is 103 cm³/mol. The molecule has 1 amide bonds. The quantitative estimate of drug-likeness (QED) is 0.718. The highest BCUT2D eigenvalue weighted by molar-refractivity contribution is 5.92. The molecule has 1 unspecified atom stereocenters. The number of nitrogens with zero attached hydrogens (tertiary/aromatic N) is 3. The van der Waals surface area contributed by atoms with Gasteiger partial charge in [-0.1, -0.05) is 60.7 Å². The van der Waals surface area contributed by atoms with Gasteiger partial charge in [0.05, 0.1) is 12.6 Å². The third-order valence-corrected chi connectivity index (χ3v) is 4.96. The maximum Gasteiger partial charge on any atom is 0.274 e. The van der Waals surface area contributed by atoms with Crippen LogP contribution in [0, 0.1) is 0 Å². The van der Waals surface area contributed by atoms with Crippen LogP contribution >= 0.6 is 0 Å². The van der Waals surface area contributed by atoms with Gasteiger partial charge in [0.2, 0.25) is 0 Å². The van der Waals surface area contributed by atoms with Gasteiger partial charge in [0.25, 0.3) is 11.5 Å². The summed E-state index contributed by atoms with van der Waals surface area (Å²) in [5.41, 5.74) is 2.21. The molecule has 1 aliphatic rings. The second-order valence-electron chi connectivity index (χ2n) is 6.77. The summed E-state index contributed by atoms with van der Waals surface area (Å²) in [6.45, 7) is 1.06. The van der Waals surface area contributed by atoms with E-state index in [-0.39, 0.29) is 17.5 Å². The van der Waals surface area contributed by atoms with Crippen molar-refractivity contribution < 1.29 is 4.79 Å². The largest absolute Gasteiger partial charge is 0.330 e. The Balaban J connectivity index is 1.60. The number of carbonyl (C=O) groups is 1. The molecule has 4 rings (SSSR count). The van der Waals surface area contributed by atoms with Gasteiger partial charge in [-0.05, 0) is 30.0 Å². The Kier molecular flexibility index (Phi) is 4.83. The van der Waals surface area contributed by atoms with Gasteiger partial charge < -0.3 is 4.90 Å². The Morgan fingerprint density at radius 2 is 1.67 bits per heavy atom. The lowest BCUT2D eigenvalue weighted by molar-refractivity contribution is 0.0727. The zero-order chi connectivity index (χ0) is 18.6. The minimum Gasteiger partial charge on any atom is -0.330 e. The Morgan fingerprint density at radius 1 is 0.963 bits per heavy atom. The molecular formula is C22H21N3O2. The third kappa shape index (κ3) is 3.67. The number of aromatic nitrogens is 2. The molecule has 5 nitrogen and oxygen atoms in total. The van der Waals surface area contributed by atoms with E-state index in [1.54, 1.807) is 0 Å². The molecule has 0 saturated carbocycles. The van der Waals surface area contributed by atoms with Gasteiger partial charge in [0.1, 0.15) is 5.69 Å². The van der Waals surface area contributed by atoms with Gasteiger partial charge in [0.15, 0.2) is 0 Å². The van der Waals surface area contributed by atoms with Crippen LogP contribution in [0.5, 0.6) is 0 Å². The van der Waals surface area contributed by atoms with Crippen molar-refractivity contribution in [2.75, 3.05) is 6.54 Å². The number of likely N-dealkylation sites (tertiary alicyclic amines) is 1. The van der Waals surface area contributed by atoms with Crippen LogP contribution in [0.3, 0.4) is 0 Å². The van der Waals surface area contributed by atoms with Gasteiger partial charge in [-0.2, -0.15) is 5.10 Å². The molecule has 0 N–H and O–H groups in total. The third-order valence-electron chi connectivity index (χ3n) is 4.96. The maximum atomic E-state index is 13.1. The van der Waals surface area contributed by atoms with Gasteiger partial charge in [-0.15, -0.1) is 0 Å². The topological polar surface area (TPSA) is 55.2 Å². The van der Waals surface area contributed by atoms with Gasteiger partial charge in [-0.25, -0.2) is 4.68 Å². The monoisotopic (exact) mass is 359 g/mol. The highest BCUT2D eigenvalue weighted by Crippen LogP contribution is 2.32. The van der Waals surface area contributed by atoms with E-state index in [0.717, 1.165) is 24.0 Å². The Labute approximate surface area is 157 Å². The summed E-state index contributed by atoms with van der Waals surface area (Å²) < 4.78 is 1.36. The van der Waals surface area contributed by atoms with E-state index < -0.39 is 0 Å². The molecule has 1 atom stereocenters. The van der Waals surface area contributed by atoms with E-state index >= 15 is 0 Å². The van der Waals surface area contributed by atoms with Gasteiger partial charge >= 0.3 is 0 Å². The number of hydrogen-bond acceptors (Lipinski definition) is 3. The Morgan fingerprint density at radius 3 is 2.41 bits per heavy atom. The molecule has 2 heterocycles. The van der Waals surface area contributed by atoms with Gasteiger partial charge in [0, 0.05) is 12.6 Å². The van der Waals surface area contributed by atoms with Crippen molar-refractivity contribution in [3.63, 3.8) is 0 Å². The van der Waals surface area contributed by atoms with Crippen molar-refractivity contribution in [3.8, 4) is 0 Å². The zero-order valence-corrected chi connectivity index (χ0v) is 15.0. The number of hydrogen-bond donors (Lipinski definition) is 0. The van der Waals surface area contributed by atoms with E-state index in [1.165, 1.54) is 16.8 Å². The SMILES string of the molecule is O=C(c1ccc(=O)n(Cc2ccccc2)n1)N1CCCC1c1ccccc1. The van der Waals surface area contributed by atoms with Crippen molar-refractivity contribution >= 4 is 5.91 Å².